The minimum Gasteiger partial charge on any atom is -0.354 e. The molecule has 1 aliphatic rings. The molecule has 1 unspecified atom stereocenters. The number of amides is 1. The molecule has 0 aromatic rings. The molecule has 56 valence electrons. The molecule has 5 heteroatoms. The van der Waals surface area contributed by atoms with Crippen LogP contribution in [0.3, 0.4) is 0 Å². The molecule has 1 heterocycles. The standard InChI is InChI=1S/C5H8N2O3/c1-2-10-5-3(8)4(9)6-7-5/h5,7H,2H2,1H3,(H,6,9). The normalized spacial score (nSPS) is 25.1. The van der Waals surface area contributed by atoms with Gasteiger partial charge < -0.3 is 4.74 Å². The van der Waals surface area contributed by atoms with Crippen molar-refractivity contribution < 1.29 is 14.3 Å². The number of ketones is 1. The number of carbonyl (C=O) groups excluding carboxylic acids is 2. The first kappa shape index (κ1) is 7.17. The lowest BCUT2D eigenvalue weighted by Crippen LogP contribution is -2.34. The predicted octanol–water partition coefficient (Wildman–Crippen LogP) is -1.45. The summed E-state index contributed by atoms with van der Waals surface area (Å²) in [5, 5.41) is 0. The van der Waals surface area contributed by atoms with Crippen molar-refractivity contribution in [2.75, 3.05) is 6.61 Å². The van der Waals surface area contributed by atoms with Crippen molar-refractivity contribution in [2.24, 2.45) is 0 Å². The Balaban J connectivity index is 2.49. The van der Waals surface area contributed by atoms with Crippen molar-refractivity contribution in [1.29, 1.82) is 0 Å². The third-order valence-corrected chi connectivity index (χ3v) is 1.11. The predicted molar refractivity (Wildman–Crippen MR) is 31.7 cm³/mol. The summed E-state index contributed by atoms with van der Waals surface area (Å²) in [7, 11) is 0. The van der Waals surface area contributed by atoms with Crippen molar-refractivity contribution in [2.45, 2.75) is 13.2 Å². The van der Waals surface area contributed by atoms with Crippen LogP contribution in [0.2, 0.25) is 0 Å². The number of hydrazine groups is 1. The fraction of sp³-hybridized carbons (Fsp3) is 0.600. The van der Waals surface area contributed by atoms with Crippen LogP contribution in [-0.4, -0.2) is 24.5 Å². The van der Waals surface area contributed by atoms with Gasteiger partial charge in [-0.25, -0.2) is 0 Å². The van der Waals surface area contributed by atoms with Crippen LogP contribution >= 0.6 is 0 Å². The van der Waals surface area contributed by atoms with Crippen LogP contribution in [0.25, 0.3) is 0 Å². The molecule has 0 bridgehead atoms. The number of Topliss-reactive ketones (excluding diaryl/α,β-unsaturated/α-hetero) is 1. The molecule has 1 atom stereocenters. The van der Waals surface area contributed by atoms with Crippen molar-refractivity contribution >= 4 is 11.7 Å². The van der Waals surface area contributed by atoms with Gasteiger partial charge in [0.15, 0.2) is 6.23 Å². The fourth-order valence-corrected chi connectivity index (χ4v) is 0.661. The van der Waals surface area contributed by atoms with E-state index < -0.39 is 17.9 Å². The third-order valence-electron chi connectivity index (χ3n) is 1.11. The van der Waals surface area contributed by atoms with Gasteiger partial charge in [0.2, 0.25) is 0 Å². The van der Waals surface area contributed by atoms with Gasteiger partial charge in [-0.3, -0.25) is 15.0 Å². The molecule has 1 fully saturated rings. The monoisotopic (exact) mass is 144 g/mol. The number of hydrogen-bond donors (Lipinski definition) is 2. The van der Waals surface area contributed by atoms with E-state index in [9.17, 15) is 9.59 Å². The molecular weight excluding hydrogens is 136 g/mol. The largest absolute Gasteiger partial charge is 0.354 e. The minimum atomic E-state index is -0.794. The molecule has 0 aromatic carbocycles. The molecule has 5 nitrogen and oxygen atoms in total. The first-order valence-electron chi connectivity index (χ1n) is 2.97. The van der Waals surface area contributed by atoms with E-state index in [0.717, 1.165) is 0 Å². The Hall–Kier alpha value is -0.940. The molecule has 1 amide bonds. The van der Waals surface area contributed by atoms with Gasteiger partial charge in [0.05, 0.1) is 0 Å². The Morgan fingerprint density at radius 1 is 1.60 bits per heavy atom. The zero-order valence-electron chi connectivity index (χ0n) is 5.51. The minimum absolute atomic E-state index is 0.401. The first-order chi connectivity index (χ1) is 4.75. The first-order valence-corrected chi connectivity index (χ1v) is 2.97. The number of nitrogens with one attached hydrogen (secondary N) is 2. The topological polar surface area (TPSA) is 67.4 Å². The van der Waals surface area contributed by atoms with E-state index in [1.807, 2.05) is 0 Å². The lowest BCUT2D eigenvalue weighted by Gasteiger charge is -2.04. The highest BCUT2D eigenvalue weighted by atomic mass is 16.5. The zero-order valence-corrected chi connectivity index (χ0v) is 5.51. The highest BCUT2D eigenvalue weighted by Gasteiger charge is 2.32. The SMILES string of the molecule is CCOC1NNC(=O)C1=O. The lowest BCUT2D eigenvalue weighted by molar-refractivity contribution is -0.139. The quantitative estimate of drug-likeness (QED) is 0.465. The maximum Gasteiger partial charge on any atom is 0.305 e. The van der Waals surface area contributed by atoms with Gasteiger partial charge in [0, 0.05) is 6.61 Å². The van der Waals surface area contributed by atoms with Crippen LogP contribution in [0.1, 0.15) is 6.92 Å². The van der Waals surface area contributed by atoms with Crippen molar-refractivity contribution in [1.82, 2.24) is 10.9 Å². The summed E-state index contributed by atoms with van der Waals surface area (Å²) in [6.45, 7) is 2.15. The highest BCUT2D eigenvalue weighted by Crippen LogP contribution is 1.93. The second-order valence-electron chi connectivity index (χ2n) is 1.80. The van der Waals surface area contributed by atoms with Crippen LogP contribution in [0, 0.1) is 0 Å². The van der Waals surface area contributed by atoms with Crippen LogP contribution in [0.15, 0.2) is 0 Å². The second kappa shape index (κ2) is 2.76. The fourth-order valence-electron chi connectivity index (χ4n) is 0.661. The van der Waals surface area contributed by atoms with Crippen LogP contribution in [0.5, 0.6) is 0 Å². The Labute approximate surface area is 57.7 Å². The number of ether oxygens (including phenoxy) is 1. The second-order valence-corrected chi connectivity index (χ2v) is 1.80. The Morgan fingerprint density at radius 3 is 2.70 bits per heavy atom. The zero-order chi connectivity index (χ0) is 7.56. The van der Waals surface area contributed by atoms with E-state index in [2.05, 4.69) is 10.9 Å². The van der Waals surface area contributed by atoms with Crippen LogP contribution in [0.4, 0.5) is 0 Å². The molecule has 0 aromatic heterocycles. The Bertz CT molecular complexity index is 168. The Morgan fingerprint density at radius 2 is 2.30 bits per heavy atom. The summed E-state index contributed by atoms with van der Waals surface area (Å²) in [6.07, 6.45) is -0.794. The van der Waals surface area contributed by atoms with E-state index in [4.69, 9.17) is 4.74 Å². The van der Waals surface area contributed by atoms with E-state index >= 15 is 0 Å². The van der Waals surface area contributed by atoms with Gasteiger partial charge in [0.1, 0.15) is 0 Å². The molecule has 1 aliphatic heterocycles. The van der Waals surface area contributed by atoms with E-state index in [1.165, 1.54) is 0 Å². The van der Waals surface area contributed by atoms with Gasteiger partial charge in [-0.2, -0.15) is 5.43 Å². The molecule has 1 saturated heterocycles. The molecule has 0 aliphatic carbocycles. The Kier molecular flexibility index (Phi) is 1.98. The van der Waals surface area contributed by atoms with Gasteiger partial charge in [-0.05, 0) is 6.92 Å². The van der Waals surface area contributed by atoms with Crippen LogP contribution < -0.4 is 10.9 Å². The van der Waals surface area contributed by atoms with E-state index in [1.54, 1.807) is 6.92 Å². The molecule has 0 radical (unpaired) electrons. The van der Waals surface area contributed by atoms with Crippen LogP contribution in [-0.2, 0) is 14.3 Å². The molecule has 2 N–H and O–H groups in total. The number of rotatable bonds is 2. The molecule has 0 saturated carbocycles. The van der Waals surface area contributed by atoms with Crippen molar-refractivity contribution in [3.63, 3.8) is 0 Å². The summed E-state index contributed by atoms with van der Waals surface area (Å²) in [6, 6.07) is 0. The van der Waals surface area contributed by atoms with Gasteiger partial charge in [-0.1, -0.05) is 0 Å². The van der Waals surface area contributed by atoms with Crippen molar-refractivity contribution in [3.8, 4) is 0 Å². The summed E-state index contributed by atoms with van der Waals surface area (Å²) in [5.41, 5.74) is 4.53. The summed E-state index contributed by atoms with van der Waals surface area (Å²) < 4.78 is 4.84. The average molecular weight is 144 g/mol. The molecular formula is C5H8N2O3. The number of carbonyl (C=O) groups is 2. The summed E-state index contributed by atoms with van der Waals surface area (Å²) in [4.78, 5) is 21.2. The van der Waals surface area contributed by atoms with Gasteiger partial charge in [-0.15, -0.1) is 0 Å². The lowest BCUT2D eigenvalue weighted by atomic mass is 10.4. The van der Waals surface area contributed by atoms with Gasteiger partial charge in [0.25, 0.3) is 5.78 Å². The van der Waals surface area contributed by atoms with Crippen molar-refractivity contribution in [3.05, 3.63) is 0 Å². The molecule has 1 rings (SSSR count). The highest BCUT2D eigenvalue weighted by molar-refractivity contribution is 6.39. The third kappa shape index (κ3) is 1.14. The summed E-state index contributed by atoms with van der Waals surface area (Å²) >= 11 is 0. The molecule has 10 heavy (non-hydrogen) atoms. The van der Waals surface area contributed by atoms with Gasteiger partial charge >= 0.3 is 5.91 Å². The average Bonchev–Trinajstić information content (AvgIpc) is 2.20. The maximum absolute atomic E-state index is 10.7. The summed E-state index contributed by atoms with van der Waals surface area (Å²) in [5.74, 6) is -1.21. The van der Waals surface area contributed by atoms with E-state index in [0.29, 0.717) is 6.61 Å². The van der Waals surface area contributed by atoms with E-state index in [-0.39, 0.29) is 0 Å². The molecule has 0 spiro atoms. The smallest absolute Gasteiger partial charge is 0.305 e. The number of hydrogen-bond acceptors (Lipinski definition) is 4. The maximum atomic E-state index is 10.7.